The SMILES string of the molecule is OCC1C2CN(Cc3ccc(-c4ccc5ncnc(Nc6ccc(Cc7ccccc7)cc6)c5c4)cn3)CC12. The molecule has 1 saturated heterocycles. The second-order valence-corrected chi connectivity index (χ2v) is 10.8. The summed E-state index contributed by atoms with van der Waals surface area (Å²) in [6.45, 7) is 3.37. The third-order valence-corrected chi connectivity index (χ3v) is 8.30. The van der Waals surface area contributed by atoms with Gasteiger partial charge in [-0.1, -0.05) is 54.6 Å². The molecule has 5 aromatic rings. The fourth-order valence-corrected chi connectivity index (χ4v) is 6.06. The van der Waals surface area contributed by atoms with Crippen molar-refractivity contribution in [3.8, 4) is 11.1 Å². The summed E-state index contributed by atoms with van der Waals surface area (Å²) < 4.78 is 0. The van der Waals surface area contributed by atoms with Crippen molar-refractivity contribution in [2.24, 2.45) is 17.8 Å². The van der Waals surface area contributed by atoms with Gasteiger partial charge in [0.2, 0.25) is 0 Å². The number of likely N-dealkylation sites (tertiary alicyclic amines) is 1. The lowest BCUT2D eigenvalue weighted by Gasteiger charge is -2.18. The molecule has 2 N–H and O–H groups in total. The first kappa shape index (κ1) is 23.9. The van der Waals surface area contributed by atoms with Crippen molar-refractivity contribution in [1.82, 2.24) is 19.9 Å². The lowest BCUT2D eigenvalue weighted by Crippen LogP contribution is -2.25. The van der Waals surface area contributed by atoms with Gasteiger partial charge in [0.25, 0.3) is 0 Å². The first-order chi connectivity index (χ1) is 19.2. The zero-order valence-corrected chi connectivity index (χ0v) is 21.7. The highest BCUT2D eigenvalue weighted by atomic mass is 16.3. The maximum Gasteiger partial charge on any atom is 0.141 e. The van der Waals surface area contributed by atoms with Crippen LogP contribution in [0, 0.1) is 17.8 Å². The monoisotopic (exact) mass is 513 g/mol. The molecule has 0 radical (unpaired) electrons. The molecule has 2 unspecified atom stereocenters. The molecule has 2 atom stereocenters. The fraction of sp³-hybridized carbons (Fsp3) is 0.242. The zero-order chi connectivity index (χ0) is 26.2. The predicted octanol–water partition coefficient (Wildman–Crippen LogP) is 5.70. The van der Waals surface area contributed by atoms with Crippen molar-refractivity contribution in [1.29, 1.82) is 0 Å². The minimum absolute atomic E-state index is 0.338. The molecule has 6 heteroatoms. The molecule has 2 fully saturated rings. The minimum atomic E-state index is 0.338. The number of fused-ring (bicyclic) bond motifs is 2. The first-order valence-electron chi connectivity index (χ1n) is 13.7. The second-order valence-electron chi connectivity index (χ2n) is 10.8. The lowest BCUT2D eigenvalue weighted by molar-refractivity contribution is 0.216. The Balaban J connectivity index is 1.06. The van der Waals surface area contributed by atoms with Crippen LogP contribution in [0.25, 0.3) is 22.0 Å². The van der Waals surface area contributed by atoms with Crippen LogP contribution in [0.5, 0.6) is 0 Å². The van der Waals surface area contributed by atoms with E-state index >= 15 is 0 Å². The number of aromatic nitrogens is 3. The minimum Gasteiger partial charge on any atom is -0.396 e. The largest absolute Gasteiger partial charge is 0.396 e. The van der Waals surface area contributed by atoms with Crippen LogP contribution in [0.15, 0.2) is 97.5 Å². The third-order valence-electron chi connectivity index (χ3n) is 8.30. The van der Waals surface area contributed by atoms with Crippen molar-refractivity contribution in [2.75, 3.05) is 25.0 Å². The molecule has 7 rings (SSSR count). The van der Waals surface area contributed by atoms with E-state index in [9.17, 15) is 5.11 Å². The Labute approximate surface area is 228 Å². The summed E-state index contributed by atoms with van der Waals surface area (Å²) in [5.41, 5.74) is 7.72. The zero-order valence-electron chi connectivity index (χ0n) is 21.7. The Morgan fingerprint density at radius 3 is 2.31 bits per heavy atom. The van der Waals surface area contributed by atoms with Crippen molar-refractivity contribution >= 4 is 22.4 Å². The molecule has 1 aliphatic carbocycles. The van der Waals surface area contributed by atoms with E-state index < -0.39 is 0 Å². The maximum atomic E-state index is 9.40. The summed E-state index contributed by atoms with van der Waals surface area (Å²) in [7, 11) is 0. The van der Waals surface area contributed by atoms with Crippen molar-refractivity contribution in [3.63, 3.8) is 0 Å². The Morgan fingerprint density at radius 2 is 1.56 bits per heavy atom. The van der Waals surface area contributed by atoms with E-state index in [1.807, 2.05) is 18.3 Å². The van der Waals surface area contributed by atoms with Crippen LogP contribution < -0.4 is 5.32 Å². The Bertz CT molecular complexity index is 1580. The van der Waals surface area contributed by atoms with E-state index in [4.69, 9.17) is 4.98 Å². The number of anilines is 2. The summed E-state index contributed by atoms with van der Waals surface area (Å²) in [4.78, 5) is 16.3. The standard InChI is InChI=1S/C33H31N5O/c39-20-31-29-18-38(19-30(29)31)17-27-12-8-25(16-34-27)24-9-13-32-28(15-24)33(36-21-35-32)37-26-10-6-23(7-11-26)14-22-4-2-1-3-5-22/h1-13,15-16,21,29-31,39H,14,17-20H2,(H,35,36,37). The summed E-state index contributed by atoms with van der Waals surface area (Å²) in [6.07, 6.45) is 4.48. The van der Waals surface area contributed by atoms with Gasteiger partial charge in [0.1, 0.15) is 12.1 Å². The van der Waals surface area contributed by atoms with Gasteiger partial charge in [-0.15, -0.1) is 0 Å². The summed E-state index contributed by atoms with van der Waals surface area (Å²) in [6, 6.07) is 29.6. The van der Waals surface area contributed by atoms with E-state index in [0.717, 1.165) is 65.3 Å². The number of nitrogens with zero attached hydrogens (tertiary/aromatic N) is 4. The van der Waals surface area contributed by atoms with E-state index in [1.165, 1.54) is 11.1 Å². The fourth-order valence-electron chi connectivity index (χ4n) is 6.06. The van der Waals surface area contributed by atoms with E-state index in [-0.39, 0.29) is 0 Å². The number of pyridine rings is 1. The summed E-state index contributed by atoms with van der Waals surface area (Å²) in [5, 5.41) is 13.9. The van der Waals surface area contributed by atoms with Gasteiger partial charge in [0.05, 0.1) is 11.2 Å². The van der Waals surface area contributed by atoms with Gasteiger partial charge in [0.15, 0.2) is 0 Å². The average Bonchev–Trinajstić information content (AvgIpc) is 3.46. The normalized spacial score (nSPS) is 20.2. The molecule has 1 saturated carbocycles. The van der Waals surface area contributed by atoms with Crippen molar-refractivity contribution in [3.05, 3.63) is 114 Å². The van der Waals surface area contributed by atoms with Gasteiger partial charge in [0, 0.05) is 49.1 Å². The van der Waals surface area contributed by atoms with Crippen molar-refractivity contribution < 1.29 is 5.11 Å². The third kappa shape index (κ3) is 5.01. The molecule has 0 bridgehead atoms. The number of aliphatic hydroxyl groups is 1. The molecule has 2 aromatic heterocycles. The molecule has 39 heavy (non-hydrogen) atoms. The molecule has 1 aliphatic heterocycles. The van der Waals surface area contributed by atoms with Gasteiger partial charge in [-0.2, -0.15) is 0 Å². The maximum absolute atomic E-state index is 9.40. The van der Waals surface area contributed by atoms with Gasteiger partial charge in [-0.3, -0.25) is 9.88 Å². The molecule has 0 amide bonds. The number of aliphatic hydroxyl groups excluding tert-OH is 1. The van der Waals surface area contributed by atoms with Crippen LogP contribution in [0.2, 0.25) is 0 Å². The average molecular weight is 514 g/mol. The highest BCUT2D eigenvalue weighted by Gasteiger charge is 2.54. The number of piperidine rings is 1. The summed E-state index contributed by atoms with van der Waals surface area (Å²) in [5.74, 6) is 2.69. The molecule has 6 nitrogen and oxygen atoms in total. The van der Waals surface area contributed by atoms with Crippen molar-refractivity contribution in [2.45, 2.75) is 13.0 Å². The van der Waals surface area contributed by atoms with Gasteiger partial charge >= 0.3 is 0 Å². The lowest BCUT2D eigenvalue weighted by atomic mass is 10.0. The topological polar surface area (TPSA) is 74.2 Å². The van der Waals surface area contributed by atoms with Gasteiger partial charge in [-0.05, 0) is 71.2 Å². The number of hydrogen-bond acceptors (Lipinski definition) is 6. The smallest absolute Gasteiger partial charge is 0.141 e. The van der Waals surface area contributed by atoms with Crippen LogP contribution in [-0.2, 0) is 13.0 Å². The highest BCUT2D eigenvalue weighted by molar-refractivity contribution is 5.93. The Kier molecular flexibility index (Phi) is 6.27. The molecular formula is C33H31N5O. The molecule has 2 aliphatic rings. The second kappa shape index (κ2) is 10.2. The molecule has 0 spiro atoms. The van der Waals surface area contributed by atoms with E-state index in [2.05, 4.69) is 93.0 Å². The van der Waals surface area contributed by atoms with Crippen LogP contribution in [0.4, 0.5) is 11.5 Å². The number of rotatable bonds is 8. The van der Waals surface area contributed by atoms with Crippen LogP contribution in [-0.4, -0.2) is 44.7 Å². The van der Waals surface area contributed by atoms with Crippen LogP contribution in [0.3, 0.4) is 0 Å². The van der Waals surface area contributed by atoms with E-state index in [0.29, 0.717) is 24.4 Å². The molecule has 3 heterocycles. The number of hydrogen-bond donors (Lipinski definition) is 2. The summed E-state index contributed by atoms with van der Waals surface area (Å²) >= 11 is 0. The Hall–Kier alpha value is -4.13. The van der Waals surface area contributed by atoms with E-state index in [1.54, 1.807) is 6.33 Å². The predicted molar refractivity (Wildman–Crippen MR) is 155 cm³/mol. The van der Waals surface area contributed by atoms with Gasteiger partial charge < -0.3 is 10.4 Å². The van der Waals surface area contributed by atoms with Gasteiger partial charge in [-0.25, -0.2) is 9.97 Å². The van der Waals surface area contributed by atoms with Crippen LogP contribution in [0.1, 0.15) is 16.8 Å². The highest BCUT2D eigenvalue weighted by Crippen LogP contribution is 2.51. The molecular weight excluding hydrogens is 482 g/mol. The van der Waals surface area contributed by atoms with Crippen LogP contribution >= 0.6 is 0 Å². The molecule has 3 aromatic carbocycles. The number of benzene rings is 3. The first-order valence-corrected chi connectivity index (χ1v) is 13.7. The quantitative estimate of drug-likeness (QED) is 0.277. The molecule has 194 valence electrons. The Morgan fingerprint density at radius 1 is 0.795 bits per heavy atom. The number of nitrogens with one attached hydrogen (secondary N) is 1.